The van der Waals surface area contributed by atoms with Crippen LogP contribution in [0.25, 0.3) is 11.4 Å². The predicted molar refractivity (Wildman–Crippen MR) is 99.7 cm³/mol. The van der Waals surface area contributed by atoms with E-state index in [1.807, 2.05) is 0 Å². The van der Waals surface area contributed by atoms with E-state index in [0.29, 0.717) is 23.2 Å². The van der Waals surface area contributed by atoms with Crippen LogP contribution in [0.2, 0.25) is 0 Å². The predicted octanol–water partition coefficient (Wildman–Crippen LogP) is 2.83. The average Bonchev–Trinajstić information content (AvgIpc) is 3.20. The average molecular weight is 419 g/mol. The van der Waals surface area contributed by atoms with Gasteiger partial charge in [0.25, 0.3) is 5.56 Å². The zero-order valence-electron chi connectivity index (χ0n) is 15.4. The normalized spacial score (nSPS) is 15.7. The molecule has 2 N–H and O–H groups in total. The summed E-state index contributed by atoms with van der Waals surface area (Å²) < 4.78 is 40.2. The summed E-state index contributed by atoms with van der Waals surface area (Å²) in [4.78, 5) is 28.8. The van der Waals surface area contributed by atoms with E-state index in [1.54, 1.807) is 12.1 Å². The molecule has 1 aromatic carbocycles. The Balaban J connectivity index is 1.78. The summed E-state index contributed by atoms with van der Waals surface area (Å²) in [7, 11) is 0. The van der Waals surface area contributed by atoms with Gasteiger partial charge in [0.2, 0.25) is 0 Å². The highest BCUT2D eigenvalue weighted by atomic mass is 19.3. The van der Waals surface area contributed by atoms with E-state index in [1.165, 1.54) is 12.1 Å². The number of rotatable bonds is 5. The number of carbonyl (C=O) groups is 1. The lowest BCUT2D eigenvalue weighted by atomic mass is 9.96. The van der Waals surface area contributed by atoms with Crippen molar-refractivity contribution in [2.75, 3.05) is 5.32 Å². The summed E-state index contributed by atoms with van der Waals surface area (Å²) in [6.45, 7) is -3.58. The van der Waals surface area contributed by atoms with E-state index in [-0.39, 0.29) is 28.9 Å². The number of aryl methyl sites for hydroxylation is 1. The minimum Gasteiger partial charge on any atom is -0.480 e. The third-order valence-electron chi connectivity index (χ3n) is 4.86. The van der Waals surface area contributed by atoms with Crippen LogP contribution in [-0.4, -0.2) is 30.4 Å². The van der Waals surface area contributed by atoms with Crippen LogP contribution in [-0.2, 0) is 17.8 Å². The lowest BCUT2D eigenvalue weighted by molar-refractivity contribution is -0.137. The highest BCUT2D eigenvalue weighted by molar-refractivity contribution is 5.69. The smallest absolute Gasteiger partial charge is 0.333 e. The topological polar surface area (TPSA) is 102 Å². The van der Waals surface area contributed by atoms with Crippen LogP contribution in [0.3, 0.4) is 0 Å². The Morgan fingerprint density at radius 3 is 2.67 bits per heavy atom. The molecule has 3 aromatic rings. The van der Waals surface area contributed by atoms with Gasteiger partial charge in [0.15, 0.2) is 0 Å². The van der Waals surface area contributed by atoms with Gasteiger partial charge in [-0.1, -0.05) is 12.1 Å². The van der Waals surface area contributed by atoms with Crippen LogP contribution in [0.4, 0.5) is 18.9 Å². The van der Waals surface area contributed by atoms with Crippen LogP contribution >= 0.6 is 0 Å². The molecular weight excluding hydrogens is 403 g/mol. The molecule has 0 radical (unpaired) electrons. The molecule has 4 rings (SSSR count). The minimum atomic E-state index is -2.88. The molecule has 156 valence electrons. The quantitative estimate of drug-likeness (QED) is 0.660. The number of nitrogens with one attached hydrogen (secondary N) is 1. The van der Waals surface area contributed by atoms with Crippen molar-refractivity contribution < 1.29 is 23.1 Å². The second-order valence-electron chi connectivity index (χ2n) is 6.82. The van der Waals surface area contributed by atoms with Crippen LogP contribution in [0.1, 0.15) is 30.3 Å². The van der Waals surface area contributed by atoms with Crippen LogP contribution < -0.4 is 10.9 Å². The van der Waals surface area contributed by atoms with Crippen molar-refractivity contribution in [1.82, 2.24) is 19.3 Å². The minimum absolute atomic E-state index is 0.0462. The number of fused-ring (bicyclic) bond motifs is 1. The van der Waals surface area contributed by atoms with Crippen molar-refractivity contribution in [3.8, 4) is 11.4 Å². The summed E-state index contributed by atoms with van der Waals surface area (Å²) in [5.74, 6) is -1.71. The molecule has 8 nitrogen and oxygen atoms in total. The number of alkyl halides is 2. The SMILES string of the molecule is O=C(O)Cn1c(-c2cnn(C(F)F)c2)nc2c(c1=O)N[C@@H](c1ccc(F)cc1)CC2. The molecule has 11 heteroatoms. The van der Waals surface area contributed by atoms with E-state index in [4.69, 9.17) is 0 Å². The zero-order chi connectivity index (χ0) is 21.4. The maximum atomic E-state index is 13.2. The number of halogens is 3. The number of carboxylic acid groups (broad SMARTS) is 1. The number of hydrogen-bond donors (Lipinski definition) is 2. The molecule has 0 unspecified atom stereocenters. The van der Waals surface area contributed by atoms with Gasteiger partial charge in [0.05, 0.1) is 23.5 Å². The number of nitrogens with zero attached hydrogens (tertiary/aromatic N) is 4. The second kappa shape index (κ2) is 7.65. The first-order valence-corrected chi connectivity index (χ1v) is 9.03. The molecule has 1 atom stereocenters. The lowest BCUT2D eigenvalue weighted by Gasteiger charge is -2.27. The van der Waals surface area contributed by atoms with E-state index in [2.05, 4.69) is 15.4 Å². The molecule has 0 bridgehead atoms. The Bertz CT molecular complexity index is 1160. The fourth-order valence-corrected chi connectivity index (χ4v) is 3.46. The number of anilines is 1. The number of aliphatic carboxylic acids is 1. The van der Waals surface area contributed by atoms with Crippen molar-refractivity contribution in [3.63, 3.8) is 0 Å². The number of carboxylic acids is 1. The second-order valence-corrected chi connectivity index (χ2v) is 6.82. The van der Waals surface area contributed by atoms with Gasteiger partial charge in [-0.3, -0.25) is 14.2 Å². The van der Waals surface area contributed by atoms with Crippen molar-refractivity contribution in [2.24, 2.45) is 0 Å². The molecule has 1 aliphatic rings. The van der Waals surface area contributed by atoms with Gasteiger partial charge in [-0.25, -0.2) is 14.1 Å². The van der Waals surface area contributed by atoms with Crippen molar-refractivity contribution in [2.45, 2.75) is 32.0 Å². The molecular formula is C19H16F3N5O3. The standard InChI is InChI=1S/C19H16F3N5O3/c20-12-3-1-10(2-4-12)13-5-6-14-16(24-13)18(30)26(9-15(28)29)17(25-14)11-7-23-27(8-11)19(21)22/h1-4,7-8,13,19,24H,5-6,9H2,(H,28,29)/t13-/m1/s1. The summed E-state index contributed by atoms with van der Waals surface area (Å²) in [5.41, 5.74) is 0.793. The summed E-state index contributed by atoms with van der Waals surface area (Å²) in [6, 6.07) is 5.57. The van der Waals surface area contributed by atoms with Gasteiger partial charge in [-0.05, 0) is 30.5 Å². The Morgan fingerprint density at radius 1 is 1.30 bits per heavy atom. The third kappa shape index (κ3) is 3.65. The van der Waals surface area contributed by atoms with E-state index in [9.17, 15) is 27.9 Å². The molecule has 3 heterocycles. The van der Waals surface area contributed by atoms with Gasteiger partial charge in [-0.2, -0.15) is 13.9 Å². The maximum absolute atomic E-state index is 13.2. The molecule has 0 aliphatic carbocycles. The highest BCUT2D eigenvalue weighted by Crippen LogP contribution is 2.31. The van der Waals surface area contributed by atoms with Crippen LogP contribution in [0, 0.1) is 5.82 Å². The van der Waals surface area contributed by atoms with Gasteiger partial charge < -0.3 is 10.4 Å². The summed E-state index contributed by atoms with van der Waals surface area (Å²) in [6.07, 6.45) is 3.07. The van der Waals surface area contributed by atoms with Crippen molar-refractivity contribution >= 4 is 11.7 Å². The Hall–Kier alpha value is -3.63. The lowest BCUT2D eigenvalue weighted by Crippen LogP contribution is -2.33. The van der Waals surface area contributed by atoms with E-state index >= 15 is 0 Å². The molecule has 2 aromatic heterocycles. The largest absolute Gasteiger partial charge is 0.480 e. The number of hydrogen-bond acceptors (Lipinski definition) is 5. The van der Waals surface area contributed by atoms with Crippen molar-refractivity contribution in [3.05, 3.63) is 64.1 Å². The fraction of sp³-hybridized carbons (Fsp3) is 0.263. The van der Waals surface area contributed by atoms with Crippen molar-refractivity contribution in [1.29, 1.82) is 0 Å². The Kier molecular flexibility index (Phi) is 5.02. The van der Waals surface area contributed by atoms with Crippen LogP contribution in [0.5, 0.6) is 0 Å². The van der Waals surface area contributed by atoms with Gasteiger partial charge in [0, 0.05) is 6.20 Å². The van der Waals surface area contributed by atoms with Gasteiger partial charge in [-0.15, -0.1) is 0 Å². The fourth-order valence-electron chi connectivity index (χ4n) is 3.46. The van der Waals surface area contributed by atoms with E-state index < -0.39 is 24.6 Å². The molecule has 0 saturated carbocycles. The first-order chi connectivity index (χ1) is 14.3. The summed E-state index contributed by atoms with van der Waals surface area (Å²) >= 11 is 0. The van der Waals surface area contributed by atoms with Gasteiger partial charge in [0.1, 0.15) is 23.9 Å². The monoisotopic (exact) mass is 419 g/mol. The van der Waals surface area contributed by atoms with Crippen LogP contribution in [0.15, 0.2) is 41.5 Å². The molecule has 0 amide bonds. The first-order valence-electron chi connectivity index (χ1n) is 9.03. The Morgan fingerprint density at radius 2 is 2.03 bits per heavy atom. The Labute approximate surface area is 167 Å². The van der Waals surface area contributed by atoms with E-state index in [0.717, 1.165) is 22.5 Å². The molecule has 0 spiro atoms. The molecule has 0 saturated heterocycles. The number of benzene rings is 1. The highest BCUT2D eigenvalue weighted by Gasteiger charge is 2.27. The molecule has 1 aliphatic heterocycles. The first kappa shape index (κ1) is 19.7. The molecule has 0 fully saturated rings. The maximum Gasteiger partial charge on any atom is 0.333 e. The van der Waals surface area contributed by atoms with Gasteiger partial charge >= 0.3 is 12.5 Å². The third-order valence-corrected chi connectivity index (χ3v) is 4.86. The number of aromatic nitrogens is 4. The summed E-state index contributed by atoms with van der Waals surface area (Å²) in [5, 5.41) is 15.8. The molecule has 30 heavy (non-hydrogen) atoms. The zero-order valence-corrected chi connectivity index (χ0v) is 15.4.